The Labute approximate surface area is 78.7 Å². The summed E-state index contributed by atoms with van der Waals surface area (Å²) in [5.41, 5.74) is 4.03. The Hall–Kier alpha value is -0.860. The molecule has 1 aromatic rings. The van der Waals surface area contributed by atoms with Crippen molar-refractivity contribution < 1.29 is 4.84 Å². The Kier molecular flexibility index (Phi) is 2.34. The first-order valence-corrected chi connectivity index (χ1v) is 4.72. The van der Waals surface area contributed by atoms with Crippen LogP contribution in [-0.4, -0.2) is 0 Å². The van der Waals surface area contributed by atoms with E-state index in [1.807, 2.05) is 0 Å². The predicted molar refractivity (Wildman–Crippen MR) is 52.1 cm³/mol. The average molecular weight is 177 g/mol. The molecule has 2 rings (SSSR count). The fourth-order valence-corrected chi connectivity index (χ4v) is 1.78. The van der Waals surface area contributed by atoms with Gasteiger partial charge in [-0.2, -0.15) is 0 Å². The van der Waals surface area contributed by atoms with E-state index in [0.29, 0.717) is 6.61 Å². The maximum atomic E-state index is 5.02. The van der Waals surface area contributed by atoms with Gasteiger partial charge in [0.1, 0.15) is 0 Å². The van der Waals surface area contributed by atoms with Crippen molar-refractivity contribution in [1.82, 2.24) is 0 Å². The van der Waals surface area contributed by atoms with Crippen molar-refractivity contribution in [3.8, 4) is 0 Å². The van der Waals surface area contributed by atoms with Crippen molar-refractivity contribution in [2.75, 3.05) is 0 Å². The molecule has 1 fully saturated rings. The summed E-state index contributed by atoms with van der Waals surface area (Å²) >= 11 is 0. The maximum absolute atomic E-state index is 5.02. The summed E-state index contributed by atoms with van der Waals surface area (Å²) in [5.74, 6) is 5.85. The van der Waals surface area contributed by atoms with Crippen LogP contribution in [0.5, 0.6) is 0 Å². The lowest BCUT2D eigenvalue weighted by molar-refractivity contribution is 0.124. The number of hydrogen-bond donors (Lipinski definition) is 1. The monoisotopic (exact) mass is 177 g/mol. The second kappa shape index (κ2) is 3.48. The molecule has 1 saturated carbocycles. The van der Waals surface area contributed by atoms with E-state index >= 15 is 0 Å². The van der Waals surface area contributed by atoms with E-state index in [0.717, 1.165) is 11.5 Å². The number of rotatable bonds is 3. The zero-order valence-electron chi connectivity index (χ0n) is 7.92. The molecule has 0 radical (unpaired) electrons. The molecular formula is C11H15NO. The molecule has 0 heterocycles. The molecule has 1 aliphatic rings. The summed E-state index contributed by atoms with van der Waals surface area (Å²) in [5, 5.41) is 0. The van der Waals surface area contributed by atoms with Crippen LogP contribution in [0, 0.1) is 6.92 Å². The minimum atomic E-state index is 0.506. The maximum Gasteiger partial charge on any atom is 0.0930 e. The lowest BCUT2D eigenvalue weighted by Crippen LogP contribution is -1.99. The summed E-state index contributed by atoms with van der Waals surface area (Å²) in [6.45, 7) is 2.67. The second-order valence-corrected chi connectivity index (χ2v) is 3.78. The topological polar surface area (TPSA) is 35.2 Å². The van der Waals surface area contributed by atoms with Crippen molar-refractivity contribution >= 4 is 0 Å². The Bertz CT molecular complexity index is 305. The molecule has 1 aliphatic carbocycles. The zero-order valence-corrected chi connectivity index (χ0v) is 7.92. The van der Waals surface area contributed by atoms with Crippen molar-refractivity contribution in [3.05, 3.63) is 34.9 Å². The van der Waals surface area contributed by atoms with Crippen molar-refractivity contribution in [2.45, 2.75) is 32.3 Å². The van der Waals surface area contributed by atoms with Gasteiger partial charge in [0.2, 0.25) is 0 Å². The molecule has 0 unspecified atom stereocenters. The number of benzene rings is 1. The molecule has 0 bridgehead atoms. The van der Waals surface area contributed by atoms with Crippen LogP contribution >= 0.6 is 0 Å². The van der Waals surface area contributed by atoms with E-state index < -0.39 is 0 Å². The lowest BCUT2D eigenvalue weighted by atomic mass is 10.0. The molecule has 0 atom stereocenters. The molecule has 13 heavy (non-hydrogen) atoms. The van der Waals surface area contributed by atoms with E-state index in [4.69, 9.17) is 5.90 Å². The summed E-state index contributed by atoms with van der Waals surface area (Å²) in [7, 11) is 0. The van der Waals surface area contributed by atoms with Crippen LogP contribution in [0.4, 0.5) is 0 Å². The van der Waals surface area contributed by atoms with Crippen LogP contribution in [0.3, 0.4) is 0 Å². The number of nitrogens with two attached hydrogens (primary N) is 1. The van der Waals surface area contributed by atoms with Gasteiger partial charge in [-0.25, -0.2) is 5.90 Å². The summed E-state index contributed by atoms with van der Waals surface area (Å²) in [4.78, 5) is 4.60. The Morgan fingerprint density at radius 3 is 2.77 bits per heavy atom. The van der Waals surface area contributed by atoms with Crippen LogP contribution in [0.2, 0.25) is 0 Å². The van der Waals surface area contributed by atoms with Gasteiger partial charge < -0.3 is 0 Å². The van der Waals surface area contributed by atoms with Crippen molar-refractivity contribution in [1.29, 1.82) is 0 Å². The molecule has 70 valence electrons. The van der Waals surface area contributed by atoms with Gasteiger partial charge in [-0.1, -0.05) is 18.2 Å². The predicted octanol–water partition coefficient (Wildman–Crippen LogP) is 2.26. The largest absolute Gasteiger partial charge is 0.300 e. The third-order valence-electron chi connectivity index (χ3n) is 2.60. The van der Waals surface area contributed by atoms with Gasteiger partial charge in [0.15, 0.2) is 0 Å². The SMILES string of the molecule is Cc1cc(CON)ccc1C1CC1. The van der Waals surface area contributed by atoms with Gasteiger partial charge in [0.25, 0.3) is 0 Å². The molecule has 2 N–H and O–H groups in total. The zero-order chi connectivity index (χ0) is 9.26. The first-order valence-electron chi connectivity index (χ1n) is 4.72. The fraction of sp³-hybridized carbons (Fsp3) is 0.455. The van der Waals surface area contributed by atoms with Crippen LogP contribution in [0.25, 0.3) is 0 Å². The van der Waals surface area contributed by atoms with Crippen molar-refractivity contribution in [2.24, 2.45) is 5.90 Å². The molecule has 0 aromatic heterocycles. The second-order valence-electron chi connectivity index (χ2n) is 3.78. The van der Waals surface area contributed by atoms with Crippen LogP contribution in [-0.2, 0) is 11.4 Å². The van der Waals surface area contributed by atoms with Crippen LogP contribution in [0.1, 0.15) is 35.4 Å². The Morgan fingerprint density at radius 2 is 2.23 bits per heavy atom. The van der Waals surface area contributed by atoms with Crippen LogP contribution in [0.15, 0.2) is 18.2 Å². The number of hydrogen-bond acceptors (Lipinski definition) is 2. The minimum absolute atomic E-state index is 0.506. The summed E-state index contributed by atoms with van der Waals surface area (Å²) in [6, 6.07) is 6.48. The average Bonchev–Trinajstić information content (AvgIpc) is 2.88. The highest BCUT2D eigenvalue weighted by Gasteiger charge is 2.24. The first kappa shape index (κ1) is 8.73. The first-order chi connectivity index (χ1) is 6.31. The van der Waals surface area contributed by atoms with E-state index in [2.05, 4.69) is 30.0 Å². The van der Waals surface area contributed by atoms with Gasteiger partial charge >= 0.3 is 0 Å². The van der Waals surface area contributed by atoms with E-state index in [9.17, 15) is 0 Å². The minimum Gasteiger partial charge on any atom is -0.300 e. The molecule has 1 aromatic carbocycles. The Balaban J connectivity index is 2.21. The van der Waals surface area contributed by atoms with Gasteiger partial charge in [0, 0.05) is 0 Å². The van der Waals surface area contributed by atoms with Gasteiger partial charge in [0.05, 0.1) is 6.61 Å². The van der Waals surface area contributed by atoms with E-state index in [-0.39, 0.29) is 0 Å². The summed E-state index contributed by atoms with van der Waals surface area (Å²) in [6.07, 6.45) is 2.71. The molecule has 0 saturated heterocycles. The highest BCUT2D eigenvalue weighted by Crippen LogP contribution is 2.41. The van der Waals surface area contributed by atoms with Gasteiger partial charge in [-0.05, 0) is 42.4 Å². The summed E-state index contributed by atoms with van der Waals surface area (Å²) < 4.78 is 0. The molecular weight excluding hydrogens is 162 g/mol. The smallest absolute Gasteiger partial charge is 0.0930 e. The van der Waals surface area contributed by atoms with Crippen LogP contribution < -0.4 is 5.90 Å². The molecule has 0 spiro atoms. The van der Waals surface area contributed by atoms with Gasteiger partial charge in [-0.15, -0.1) is 0 Å². The van der Waals surface area contributed by atoms with Gasteiger partial charge in [-0.3, -0.25) is 4.84 Å². The van der Waals surface area contributed by atoms with E-state index in [1.54, 1.807) is 0 Å². The highest BCUT2D eigenvalue weighted by molar-refractivity contribution is 5.35. The Morgan fingerprint density at radius 1 is 1.46 bits per heavy atom. The normalized spacial score (nSPS) is 16.2. The third kappa shape index (κ3) is 1.90. The molecule has 0 amide bonds. The lowest BCUT2D eigenvalue weighted by Gasteiger charge is -2.06. The molecule has 0 aliphatic heterocycles. The number of aryl methyl sites for hydroxylation is 1. The van der Waals surface area contributed by atoms with E-state index in [1.165, 1.54) is 24.0 Å². The quantitative estimate of drug-likeness (QED) is 0.719. The highest BCUT2D eigenvalue weighted by atomic mass is 16.6. The fourth-order valence-electron chi connectivity index (χ4n) is 1.78. The standard InChI is InChI=1S/C11H15NO/c1-8-6-9(7-13-12)2-5-11(8)10-3-4-10/h2,5-6,10H,3-4,7,12H2,1H3. The molecule has 2 heteroatoms. The molecule has 2 nitrogen and oxygen atoms in total. The van der Waals surface area contributed by atoms with Crippen molar-refractivity contribution in [3.63, 3.8) is 0 Å². The third-order valence-corrected chi connectivity index (χ3v) is 2.60.